The Balaban J connectivity index is 1.69. The van der Waals surface area contributed by atoms with Crippen molar-refractivity contribution in [3.05, 3.63) is 34.7 Å². The summed E-state index contributed by atoms with van der Waals surface area (Å²) in [5.41, 5.74) is 1.99. The number of thioether (sulfide) groups is 1. The zero-order valence-corrected chi connectivity index (χ0v) is 18.2. The Morgan fingerprint density at radius 2 is 1.86 bits per heavy atom. The Morgan fingerprint density at radius 1 is 1.17 bits per heavy atom. The first-order chi connectivity index (χ1) is 13.9. The molecular weight excluding hydrogens is 386 g/mol. The van der Waals surface area contributed by atoms with Gasteiger partial charge in [-0.15, -0.1) is 0 Å². The summed E-state index contributed by atoms with van der Waals surface area (Å²) in [5.74, 6) is -0.532. The molecule has 3 amide bonds. The van der Waals surface area contributed by atoms with Gasteiger partial charge in [-0.05, 0) is 75.6 Å². The van der Waals surface area contributed by atoms with Crippen molar-refractivity contribution in [1.82, 2.24) is 9.80 Å². The molecule has 29 heavy (non-hydrogen) atoms. The molecule has 0 N–H and O–H groups in total. The summed E-state index contributed by atoms with van der Waals surface area (Å²) in [6.45, 7) is 8.63. The Labute approximate surface area is 176 Å². The number of carbonyl (C=O) groups excluding carboxylic acids is 3. The Hall–Kier alpha value is -2.28. The molecule has 2 aliphatic heterocycles. The topological polar surface area (TPSA) is 60.9 Å². The highest BCUT2D eigenvalue weighted by atomic mass is 32.2. The van der Waals surface area contributed by atoms with Gasteiger partial charge in [0.05, 0.1) is 4.91 Å². The van der Waals surface area contributed by atoms with E-state index in [9.17, 15) is 14.4 Å². The van der Waals surface area contributed by atoms with Gasteiger partial charge >= 0.3 is 0 Å². The highest BCUT2D eigenvalue weighted by molar-refractivity contribution is 8.18. The molecule has 2 aliphatic rings. The smallest absolute Gasteiger partial charge is 0.294 e. The fraction of sp³-hybridized carbons (Fsp3) is 0.500. The van der Waals surface area contributed by atoms with E-state index < -0.39 is 0 Å². The van der Waals surface area contributed by atoms with Crippen LogP contribution in [0.2, 0.25) is 0 Å². The van der Waals surface area contributed by atoms with Crippen molar-refractivity contribution in [1.29, 1.82) is 0 Å². The standard InChI is InChI=1S/C22H29N3O3S/c1-4-23(5-2)18-11-9-17(10-12-18)14-19-21(27)25(22(28)29-19)15-20(26)24-13-7-6-8-16(24)3/h9-12,14,16H,4-8,13,15H2,1-3H3/b19-14-/t16-/m0/s1. The number of rotatable bonds is 6. The van der Waals surface area contributed by atoms with Crippen LogP contribution in [0.15, 0.2) is 29.2 Å². The minimum Gasteiger partial charge on any atom is -0.372 e. The molecule has 0 spiro atoms. The number of benzene rings is 1. The summed E-state index contributed by atoms with van der Waals surface area (Å²) in [6.07, 6.45) is 4.78. The van der Waals surface area contributed by atoms with Crippen molar-refractivity contribution < 1.29 is 14.4 Å². The van der Waals surface area contributed by atoms with Crippen molar-refractivity contribution in [2.45, 2.75) is 46.1 Å². The summed E-state index contributed by atoms with van der Waals surface area (Å²) in [7, 11) is 0. The van der Waals surface area contributed by atoms with Crippen molar-refractivity contribution in [3.8, 4) is 0 Å². The first-order valence-corrected chi connectivity index (χ1v) is 11.2. The van der Waals surface area contributed by atoms with Crippen molar-refractivity contribution in [2.75, 3.05) is 31.1 Å². The minimum absolute atomic E-state index is 0.149. The minimum atomic E-state index is -0.383. The van der Waals surface area contributed by atoms with Gasteiger partial charge in [0.15, 0.2) is 0 Å². The maximum atomic E-state index is 12.7. The summed E-state index contributed by atoms with van der Waals surface area (Å²) < 4.78 is 0. The van der Waals surface area contributed by atoms with E-state index in [1.807, 2.05) is 31.2 Å². The van der Waals surface area contributed by atoms with Crippen LogP contribution in [0.3, 0.4) is 0 Å². The van der Waals surface area contributed by atoms with E-state index in [1.165, 1.54) is 0 Å². The van der Waals surface area contributed by atoms with Crippen LogP contribution in [-0.2, 0) is 9.59 Å². The molecular formula is C22H29N3O3S. The highest BCUT2D eigenvalue weighted by Gasteiger charge is 2.37. The van der Waals surface area contributed by atoms with Gasteiger partial charge in [0.25, 0.3) is 11.1 Å². The van der Waals surface area contributed by atoms with Crippen LogP contribution in [0.1, 0.15) is 45.6 Å². The van der Waals surface area contributed by atoms with Gasteiger partial charge in [-0.1, -0.05) is 12.1 Å². The van der Waals surface area contributed by atoms with E-state index in [2.05, 4.69) is 18.7 Å². The van der Waals surface area contributed by atoms with E-state index >= 15 is 0 Å². The number of likely N-dealkylation sites (tertiary alicyclic amines) is 1. The zero-order valence-electron chi connectivity index (χ0n) is 17.4. The quantitative estimate of drug-likeness (QED) is 0.658. The second-order valence-corrected chi connectivity index (χ2v) is 8.46. The number of amides is 3. The van der Waals surface area contributed by atoms with Crippen LogP contribution >= 0.6 is 11.8 Å². The molecule has 0 saturated carbocycles. The number of hydrogen-bond donors (Lipinski definition) is 0. The van der Waals surface area contributed by atoms with E-state index in [1.54, 1.807) is 11.0 Å². The molecule has 0 radical (unpaired) electrons. The number of carbonyl (C=O) groups is 3. The predicted molar refractivity (Wildman–Crippen MR) is 118 cm³/mol. The number of nitrogens with zero attached hydrogens (tertiary/aromatic N) is 3. The third kappa shape index (κ3) is 4.83. The van der Waals surface area contributed by atoms with Gasteiger partial charge in [0.2, 0.25) is 5.91 Å². The first-order valence-electron chi connectivity index (χ1n) is 10.3. The summed E-state index contributed by atoms with van der Waals surface area (Å²) in [6, 6.07) is 8.09. The molecule has 0 aromatic heterocycles. The lowest BCUT2D eigenvalue weighted by Gasteiger charge is -2.34. The average molecular weight is 416 g/mol. The third-order valence-corrected chi connectivity index (χ3v) is 6.52. The molecule has 156 valence electrons. The number of imide groups is 1. The number of anilines is 1. The summed E-state index contributed by atoms with van der Waals surface area (Å²) in [4.78, 5) is 43.2. The summed E-state index contributed by atoms with van der Waals surface area (Å²) in [5, 5.41) is -0.376. The van der Waals surface area contributed by atoms with Gasteiger partial charge in [-0.2, -0.15) is 0 Å². The van der Waals surface area contributed by atoms with E-state index in [0.717, 1.165) is 60.3 Å². The largest absolute Gasteiger partial charge is 0.372 e. The van der Waals surface area contributed by atoms with E-state index in [0.29, 0.717) is 11.4 Å². The molecule has 0 bridgehead atoms. The first kappa shape index (κ1) is 21.4. The molecule has 0 unspecified atom stereocenters. The zero-order chi connectivity index (χ0) is 21.0. The maximum Gasteiger partial charge on any atom is 0.294 e. The Morgan fingerprint density at radius 3 is 2.48 bits per heavy atom. The van der Waals surface area contributed by atoms with Crippen molar-refractivity contribution >= 4 is 40.6 Å². The molecule has 3 rings (SSSR count). The molecule has 2 fully saturated rings. The molecule has 1 aromatic carbocycles. The van der Waals surface area contributed by atoms with Gasteiger partial charge in [0, 0.05) is 31.4 Å². The second kappa shape index (κ2) is 9.48. The van der Waals surface area contributed by atoms with Gasteiger partial charge in [-0.3, -0.25) is 19.3 Å². The van der Waals surface area contributed by atoms with Crippen LogP contribution in [0.25, 0.3) is 6.08 Å². The molecule has 2 heterocycles. The Kier molecular flexibility index (Phi) is 7.00. The third-order valence-electron chi connectivity index (χ3n) is 5.61. The van der Waals surface area contributed by atoms with Crippen LogP contribution in [-0.4, -0.2) is 59.1 Å². The lowest BCUT2D eigenvalue weighted by molar-refractivity contribution is -0.138. The van der Waals surface area contributed by atoms with Crippen LogP contribution in [0.5, 0.6) is 0 Å². The molecule has 1 aromatic rings. The molecule has 0 aliphatic carbocycles. The lowest BCUT2D eigenvalue weighted by atomic mass is 10.0. The predicted octanol–water partition coefficient (Wildman–Crippen LogP) is 3.97. The van der Waals surface area contributed by atoms with Crippen LogP contribution < -0.4 is 4.90 Å². The molecule has 1 atom stereocenters. The second-order valence-electron chi connectivity index (χ2n) is 7.46. The SMILES string of the molecule is CCN(CC)c1ccc(/C=C2\SC(=O)N(CC(=O)N3CCCC[C@@H]3C)C2=O)cc1. The average Bonchev–Trinajstić information content (AvgIpc) is 2.97. The molecule has 6 nitrogen and oxygen atoms in total. The number of hydrogen-bond acceptors (Lipinski definition) is 5. The van der Waals surface area contributed by atoms with Gasteiger partial charge in [0.1, 0.15) is 6.54 Å². The Bertz CT molecular complexity index is 802. The maximum absolute atomic E-state index is 12.7. The van der Waals surface area contributed by atoms with Crippen molar-refractivity contribution in [3.63, 3.8) is 0 Å². The van der Waals surface area contributed by atoms with Crippen molar-refractivity contribution in [2.24, 2.45) is 0 Å². The fourth-order valence-electron chi connectivity index (χ4n) is 3.85. The van der Waals surface area contributed by atoms with Crippen LogP contribution in [0.4, 0.5) is 10.5 Å². The fourth-order valence-corrected chi connectivity index (χ4v) is 4.69. The normalized spacial score (nSPS) is 21.2. The van der Waals surface area contributed by atoms with E-state index in [-0.39, 0.29) is 29.6 Å². The van der Waals surface area contributed by atoms with E-state index in [4.69, 9.17) is 0 Å². The van der Waals surface area contributed by atoms with Gasteiger partial charge < -0.3 is 9.80 Å². The lowest BCUT2D eigenvalue weighted by Crippen LogP contribution is -2.47. The number of piperidine rings is 1. The summed E-state index contributed by atoms with van der Waals surface area (Å²) >= 11 is 0.903. The van der Waals surface area contributed by atoms with Crippen LogP contribution in [0, 0.1) is 0 Å². The highest BCUT2D eigenvalue weighted by Crippen LogP contribution is 2.32. The molecule has 7 heteroatoms. The monoisotopic (exact) mass is 415 g/mol. The van der Waals surface area contributed by atoms with Gasteiger partial charge in [-0.25, -0.2) is 0 Å². The molecule has 2 saturated heterocycles.